The zero-order valence-electron chi connectivity index (χ0n) is 9.13. The van der Waals surface area contributed by atoms with E-state index in [1.807, 2.05) is 0 Å². The summed E-state index contributed by atoms with van der Waals surface area (Å²) >= 11 is 0. The molecule has 3 nitrogen and oxygen atoms in total. The van der Waals surface area contributed by atoms with Crippen LogP contribution < -0.4 is 0 Å². The average Bonchev–Trinajstić information content (AvgIpc) is 2.72. The third kappa shape index (κ3) is 2.82. The molecule has 0 aromatic rings. The third-order valence-electron chi connectivity index (χ3n) is 2.78. The first-order chi connectivity index (χ1) is 6.47. The van der Waals surface area contributed by atoms with Crippen molar-refractivity contribution in [2.75, 3.05) is 6.61 Å². The minimum atomic E-state index is -0.265. The molecule has 1 aliphatic rings. The Morgan fingerprint density at radius 2 is 1.93 bits per heavy atom. The SMILES string of the molecule is CCOC(=O)CCC(=O)C1CC1(C)C. The normalized spacial score (nSPS) is 22.9. The van der Waals surface area contributed by atoms with E-state index in [0.29, 0.717) is 13.0 Å². The van der Waals surface area contributed by atoms with Gasteiger partial charge >= 0.3 is 5.97 Å². The van der Waals surface area contributed by atoms with Crippen LogP contribution in [0.4, 0.5) is 0 Å². The highest BCUT2D eigenvalue weighted by Crippen LogP contribution is 2.52. The van der Waals surface area contributed by atoms with E-state index < -0.39 is 0 Å². The van der Waals surface area contributed by atoms with Crippen molar-refractivity contribution in [3.8, 4) is 0 Å². The van der Waals surface area contributed by atoms with Crippen LogP contribution in [0, 0.1) is 11.3 Å². The summed E-state index contributed by atoms with van der Waals surface area (Å²) in [6.07, 6.45) is 1.54. The third-order valence-corrected chi connectivity index (χ3v) is 2.78. The van der Waals surface area contributed by atoms with Crippen molar-refractivity contribution in [1.29, 1.82) is 0 Å². The number of hydrogen-bond acceptors (Lipinski definition) is 3. The number of carbonyl (C=O) groups is 2. The van der Waals surface area contributed by atoms with Crippen molar-refractivity contribution in [3.63, 3.8) is 0 Å². The molecule has 1 fully saturated rings. The first-order valence-corrected chi connectivity index (χ1v) is 5.15. The second-order valence-electron chi connectivity index (χ2n) is 4.52. The summed E-state index contributed by atoms with van der Waals surface area (Å²) in [5, 5.41) is 0. The van der Waals surface area contributed by atoms with Gasteiger partial charge in [-0.15, -0.1) is 0 Å². The van der Waals surface area contributed by atoms with E-state index in [2.05, 4.69) is 13.8 Å². The van der Waals surface area contributed by atoms with E-state index in [1.165, 1.54) is 0 Å². The van der Waals surface area contributed by atoms with Crippen LogP contribution in [0.15, 0.2) is 0 Å². The van der Waals surface area contributed by atoms with Gasteiger partial charge < -0.3 is 4.74 Å². The van der Waals surface area contributed by atoms with Crippen molar-refractivity contribution < 1.29 is 14.3 Å². The summed E-state index contributed by atoms with van der Waals surface area (Å²) < 4.78 is 4.75. The molecule has 0 aromatic heterocycles. The maximum absolute atomic E-state index is 11.5. The first-order valence-electron chi connectivity index (χ1n) is 5.15. The molecule has 0 aliphatic heterocycles. The van der Waals surface area contributed by atoms with Gasteiger partial charge in [0.2, 0.25) is 0 Å². The molecule has 0 radical (unpaired) electrons. The Hall–Kier alpha value is -0.860. The van der Waals surface area contributed by atoms with Crippen LogP contribution in [0.25, 0.3) is 0 Å². The van der Waals surface area contributed by atoms with Gasteiger partial charge in [0.15, 0.2) is 0 Å². The maximum Gasteiger partial charge on any atom is 0.306 e. The van der Waals surface area contributed by atoms with Gasteiger partial charge in [-0.2, -0.15) is 0 Å². The highest BCUT2D eigenvalue weighted by atomic mass is 16.5. The van der Waals surface area contributed by atoms with Crippen molar-refractivity contribution in [2.45, 2.75) is 40.0 Å². The molecule has 14 heavy (non-hydrogen) atoms. The summed E-state index contributed by atoms with van der Waals surface area (Å²) in [6.45, 7) is 6.32. The summed E-state index contributed by atoms with van der Waals surface area (Å²) in [4.78, 5) is 22.5. The van der Waals surface area contributed by atoms with Crippen LogP contribution in [0.1, 0.15) is 40.0 Å². The molecular formula is C11H18O3. The van der Waals surface area contributed by atoms with E-state index in [9.17, 15) is 9.59 Å². The zero-order valence-corrected chi connectivity index (χ0v) is 9.13. The summed E-state index contributed by atoms with van der Waals surface area (Å²) in [5.74, 6) is 0.124. The molecule has 1 aliphatic carbocycles. The predicted molar refractivity (Wildman–Crippen MR) is 52.8 cm³/mol. The molecule has 1 rings (SSSR count). The number of hydrogen-bond donors (Lipinski definition) is 0. The number of esters is 1. The van der Waals surface area contributed by atoms with Gasteiger partial charge in [0.05, 0.1) is 13.0 Å². The minimum Gasteiger partial charge on any atom is -0.466 e. The van der Waals surface area contributed by atoms with E-state index in [0.717, 1.165) is 6.42 Å². The van der Waals surface area contributed by atoms with Crippen molar-refractivity contribution in [2.24, 2.45) is 11.3 Å². The van der Waals surface area contributed by atoms with Gasteiger partial charge in [-0.3, -0.25) is 9.59 Å². The van der Waals surface area contributed by atoms with E-state index in [-0.39, 0.29) is 29.5 Å². The van der Waals surface area contributed by atoms with Crippen LogP contribution in [0.3, 0.4) is 0 Å². The Kier molecular flexibility index (Phi) is 3.29. The van der Waals surface area contributed by atoms with Gasteiger partial charge in [0, 0.05) is 12.3 Å². The van der Waals surface area contributed by atoms with Crippen LogP contribution in [-0.2, 0) is 14.3 Å². The lowest BCUT2D eigenvalue weighted by atomic mass is 10.0. The van der Waals surface area contributed by atoms with Crippen LogP contribution >= 0.6 is 0 Å². The summed E-state index contributed by atoms with van der Waals surface area (Å²) in [7, 11) is 0. The lowest BCUT2D eigenvalue weighted by molar-refractivity contribution is -0.144. The van der Waals surface area contributed by atoms with E-state index >= 15 is 0 Å². The summed E-state index contributed by atoms with van der Waals surface area (Å²) in [6, 6.07) is 0. The lowest BCUT2D eigenvalue weighted by Crippen LogP contribution is -2.10. The minimum absolute atomic E-state index is 0.172. The highest BCUT2D eigenvalue weighted by molar-refractivity contribution is 5.87. The van der Waals surface area contributed by atoms with Crippen LogP contribution in [0.2, 0.25) is 0 Å². The lowest BCUT2D eigenvalue weighted by Gasteiger charge is -2.03. The van der Waals surface area contributed by atoms with Gasteiger partial charge in [-0.1, -0.05) is 13.8 Å². The summed E-state index contributed by atoms with van der Waals surface area (Å²) in [5.41, 5.74) is 0.172. The highest BCUT2D eigenvalue weighted by Gasteiger charge is 2.49. The smallest absolute Gasteiger partial charge is 0.306 e. The molecule has 0 bridgehead atoms. The standard InChI is InChI=1S/C11H18O3/c1-4-14-10(13)6-5-9(12)8-7-11(8,2)3/h8H,4-7H2,1-3H3. The quantitative estimate of drug-likeness (QED) is 0.634. The van der Waals surface area contributed by atoms with E-state index in [4.69, 9.17) is 4.74 Å². The van der Waals surface area contributed by atoms with Gasteiger partial charge in [0.25, 0.3) is 0 Å². The molecule has 0 heterocycles. The van der Waals surface area contributed by atoms with Crippen LogP contribution in [-0.4, -0.2) is 18.4 Å². The number of carbonyl (C=O) groups excluding carboxylic acids is 2. The largest absolute Gasteiger partial charge is 0.466 e. The predicted octanol–water partition coefficient (Wildman–Crippen LogP) is 1.94. The average molecular weight is 198 g/mol. The Morgan fingerprint density at radius 1 is 1.36 bits per heavy atom. The first kappa shape index (κ1) is 11.2. The Morgan fingerprint density at radius 3 is 2.36 bits per heavy atom. The molecule has 0 amide bonds. The maximum atomic E-state index is 11.5. The number of rotatable bonds is 5. The van der Waals surface area contributed by atoms with Gasteiger partial charge in [-0.25, -0.2) is 0 Å². The Labute approximate surface area is 84.8 Å². The van der Waals surface area contributed by atoms with E-state index in [1.54, 1.807) is 6.92 Å². The fourth-order valence-electron chi connectivity index (χ4n) is 1.65. The molecule has 1 unspecified atom stereocenters. The second kappa shape index (κ2) is 4.11. The molecule has 0 N–H and O–H groups in total. The van der Waals surface area contributed by atoms with Gasteiger partial charge in [0.1, 0.15) is 5.78 Å². The fourth-order valence-corrected chi connectivity index (χ4v) is 1.65. The zero-order chi connectivity index (χ0) is 10.8. The fraction of sp³-hybridized carbons (Fsp3) is 0.818. The van der Waals surface area contributed by atoms with Crippen LogP contribution in [0.5, 0.6) is 0 Å². The molecule has 80 valence electrons. The Balaban J connectivity index is 2.20. The molecular weight excluding hydrogens is 180 g/mol. The second-order valence-corrected chi connectivity index (χ2v) is 4.52. The molecule has 0 spiro atoms. The number of Topliss-reactive ketones (excluding diaryl/α,β-unsaturated/α-hetero) is 1. The Bertz CT molecular complexity index is 243. The molecule has 0 saturated heterocycles. The number of ether oxygens (including phenoxy) is 1. The van der Waals surface area contributed by atoms with Crippen molar-refractivity contribution in [3.05, 3.63) is 0 Å². The van der Waals surface area contributed by atoms with Gasteiger partial charge in [-0.05, 0) is 18.8 Å². The van der Waals surface area contributed by atoms with Crippen molar-refractivity contribution in [1.82, 2.24) is 0 Å². The molecule has 0 aromatic carbocycles. The number of ketones is 1. The molecule has 1 atom stereocenters. The molecule has 1 saturated carbocycles. The topological polar surface area (TPSA) is 43.4 Å². The molecule has 3 heteroatoms. The van der Waals surface area contributed by atoms with Crippen molar-refractivity contribution >= 4 is 11.8 Å². The monoisotopic (exact) mass is 198 g/mol.